The molecule has 0 bridgehead atoms. The summed E-state index contributed by atoms with van der Waals surface area (Å²) >= 11 is 0. The van der Waals surface area contributed by atoms with E-state index < -0.39 is 18.0 Å². The van der Waals surface area contributed by atoms with Gasteiger partial charge in [0.2, 0.25) is 17.7 Å². The van der Waals surface area contributed by atoms with Crippen LogP contribution in [-0.2, 0) is 14.4 Å². The first-order valence-corrected chi connectivity index (χ1v) is 12.2. The number of rotatable bonds is 12. The van der Waals surface area contributed by atoms with E-state index in [1.165, 1.54) is 0 Å². The average Bonchev–Trinajstić information content (AvgIpc) is 3.21. The summed E-state index contributed by atoms with van der Waals surface area (Å²) in [6, 6.07) is 6.02. The number of amides is 3. The van der Waals surface area contributed by atoms with Crippen molar-refractivity contribution in [1.82, 2.24) is 15.5 Å². The number of hydrogen-bond donors (Lipinski definition) is 3. The van der Waals surface area contributed by atoms with Gasteiger partial charge in [-0.1, -0.05) is 18.6 Å². The molecule has 1 aromatic carbocycles. The number of carbonyl (C=O) groups excluding carboxylic acids is 3. The maximum Gasteiger partial charge on any atom is 0.243 e. The predicted octanol–water partition coefficient (Wildman–Crippen LogP) is 0.829. The molecule has 2 aliphatic heterocycles. The van der Waals surface area contributed by atoms with E-state index >= 15 is 0 Å². The predicted molar refractivity (Wildman–Crippen MR) is 128 cm³/mol. The number of nitrogens with zero attached hydrogens (tertiary/aromatic N) is 2. The summed E-state index contributed by atoms with van der Waals surface area (Å²) in [6.45, 7) is 1.69. The van der Waals surface area contributed by atoms with E-state index in [0.717, 1.165) is 42.3 Å². The normalized spacial score (nSPS) is 22.4. The summed E-state index contributed by atoms with van der Waals surface area (Å²) in [6.07, 6.45) is 4.53. The molecule has 188 valence electrons. The van der Waals surface area contributed by atoms with Gasteiger partial charge in [-0.05, 0) is 43.4 Å². The van der Waals surface area contributed by atoms with E-state index in [2.05, 4.69) is 31.8 Å². The Morgan fingerprint density at radius 1 is 1.21 bits per heavy atom. The largest absolute Gasteiger partial charge is 0.491 e. The molecule has 34 heavy (non-hydrogen) atoms. The molecule has 9 heteroatoms. The van der Waals surface area contributed by atoms with Gasteiger partial charge in [0.15, 0.2) is 0 Å². The molecule has 0 aromatic heterocycles. The lowest BCUT2D eigenvalue weighted by Crippen LogP contribution is -2.56. The molecule has 1 aromatic rings. The van der Waals surface area contributed by atoms with Gasteiger partial charge >= 0.3 is 0 Å². The Bertz CT molecular complexity index is 869. The van der Waals surface area contributed by atoms with Crippen molar-refractivity contribution >= 4 is 17.7 Å². The Balaban J connectivity index is 1.66. The molecule has 9 nitrogen and oxygen atoms in total. The van der Waals surface area contributed by atoms with Crippen molar-refractivity contribution in [3.05, 3.63) is 29.8 Å². The third-order valence-corrected chi connectivity index (χ3v) is 6.45. The van der Waals surface area contributed by atoms with Crippen molar-refractivity contribution < 1.29 is 28.7 Å². The highest BCUT2D eigenvalue weighted by atomic mass is 16.5. The van der Waals surface area contributed by atoms with Crippen LogP contribution in [0.1, 0.15) is 43.7 Å². The maximum atomic E-state index is 13.2. The first kappa shape index (κ1) is 26.0. The van der Waals surface area contributed by atoms with Crippen LogP contribution in [0.2, 0.25) is 0 Å². The topological polar surface area (TPSA) is 108 Å². The molecule has 0 unspecified atom stereocenters. The first-order chi connectivity index (χ1) is 16.2. The van der Waals surface area contributed by atoms with Gasteiger partial charge in [0.05, 0.1) is 52.8 Å². The summed E-state index contributed by atoms with van der Waals surface area (Å²) in [7, 11) is 6.56. The zero-order valence-corrected chi connectivity index (χ0v) is 20.6. The number of hydrogen-bond acceptors (Lipinski definition) is 5. The van der Waals surface area contributed by atoms with E-state index in [1.54, 1.807) is 23.1 Å². The Kier molecular flexibility index (Phi) is 8.90. The highest BCUT2D eigenvalue weighted by molar-refractivity contribution is 5.97. The van der Waals surface area contributed by atoms with Crippen molar-refractivity contribution in [3.63, 3.8) is 0 Å². The van der Waals surface area contributed by atoms with E-state index in [1.807, 2.05) is 6.07 Å². The Labute approximate surface area is 202 Å². The Morgan fingerprint density at radius 2 is 1.97 bits per heavy atom. The molecule has 0 spiro atoms. The summed E-state index contributed by atoms with van der Waals surface area (Å²) in [5.41, 5.74) is 0.751. The molecule has 0 aliphatic carbocycles. The van der Waals surface area contributed by atoms with Crippen LogP contribution in [-0.4, -0.2) is 92.2 Å². The van der Waals surface area contributed by atoms with Crippen LogP contribution in [0.4, 0.5) is 0 Å². The smallest absolute Gasteiger partial charge is 0.243 e. The number of nitrogens with one attached hydrogen (secondary N) is 2. The second-order valence-corrected chi connectivity index (χ2v) is 10.2. The van der Waals surface area contributed by atoms with Crippen LogP contribution in [0.15, 0.2) is 24.3 Å². The van der Waals surface area contributed by atoms with Crippen LogP contribution in [0.3, 0.4) is 0 Å². The van der Waals surface area contributed by atoms with Gasteiger partial charge < -0.3 is 29.9 Å². The minimum atomic E-state index is -0.653. The molecule has 0 radical (unpaired) electrons. The number of carbonyl (C=O) groups is 3. The molecule has 3 amide bonds. The van der Waals surface area contributed by atoms with Gasteiger partial charge in [-0.2, -0.15) is 0 Å². The highest BCUT2D eigenvalue weighted by Crippen LogP contribution is 2.43. The molecule has 3 rings (SSSR count). The fourth-order valence-electron chi connectivity index (χ4n) is 4.81. The van der Waals surface area contributed by atoms with Crippen molar-refractivity contribution in [1.29, 1.82) is 0 Å². The number of quaternary nitrogens is 1. The zero-order chi connectivity index (χ0) is 24.7. The molecule has 2 aliphatic rings. The van der Waals surface area contributed by atoms with E-state index in [4.69, 9.17) is 9.84 Å². The van der Waals surface area contributed by atoms with Crippen molar-refractivity contribution in [3.8, 4) is 5.75 Å². The number of ether oxygens (including phenoxy) is 1. The molecule has 2 fully saturated rings. The van der Waals surface area contributed by atoms with Crippen molar-refractivity contribution in [2.75, 3.05) is 54.0 Å². The first-order valence-electron chi connectivity index (χ1n) is 12.2. The highest BCUT2D eigenvalue weighted by Gasteiger charge is 2.52. The summed E-state index contributed by atoms with van der Waals surface area (Å²) < 4.78 is 6.49. The van der Waals surface area contributed by atoms with Crippen molar-refractivity contribution in [2.45, 2.75) is 44.2 Å². The number of aliphatic hydroxyl groups excluding tert-OH is 1. The Morgan fingerprint density at radius 3 is 2.71 bits per heavy atom. The molecule has 2 saturated heterocycles. The van der Waals surface area contributed by atoms with E-state index in [0.29, 0.717) is 18.7 Å². The standard InChI is InChI=1S/C25H38N4O5/c1-29(2,3)12-7-5-4-6-11-26-24(32)20-16-21-25(33)27-17-22(31)28(21)23(20)18-9-8-10-19(15-18)34-14-13-30/h8-10,15,20-21,23,30H,4-7,11-14,16-17H2,1-3H3,(H-,26,27,32,33)/p+1/t20-,21-,23-/m0/s1. The third kappa shape index (κ3) is 6.70. The second-order valence-electron chi connectivity index (χ2n) is 10.2. The monoisotopic (exact) mass is 475 g/mol. The number of fused-ring (bicyclic) bond motifs is 1. The van der Waals surface area contributed by atoms with Crippen LogP contribution >= 0.6 is 0 Å². The number of unbranched alkanes of at least 4 members (excludes halogenated alkanes) is 3. The average molecular weight is 476 g/mol. The summed E-state index contributed by atoms with van der Waals surface area (Å²) in [4.78, 5) is 40.1. The van der Waals surface area contributed by atoms with Gasteiger partial charge in [-0.25, -0.2) is 0 Å². The van der Waals surface area contributed by atoms with Gasteiger partial charge in [-0.3, -0.25) is 14.4 Å². The van der Waals surface area contributed by atoms with Crippen LogP contribution in [0.5, 0.6) is 5.75 Å². The Hall–Kier alpha value is -2.65. The summed E-state index contributed by atoms with van der Waals surface area (Å²) in [5, 5.41) is 14.7. The number of benzene rings is 1. The van der Waals surface area contributed by atoms with E-state index in [9.17, 15) is 14.4 Å². The molecule has 2 heterocycles. The van der Waals surface area contributed by atoms with Gasteiger partial charge in [0.1, 0.15) is 18.4 Å². The van der Waals surface area contributed by atoms with Crippen LogP contribution in [0, 0.1) is 5.92 Å². The van der Waals surface area contributed by atoms with Crippen LogP contribution in [0.25, 0.3) is 0 Å². The van der Waals surface area contributed by atoms with Gasteiger partial charge in [-0.15, -0.1) is 0 Å². The summed E-state index contributed by atoms with van der Waals surface area (Å²) in [5.74, 6) is -0.511. The molecular formula is C25H39N4O5+. The fourth-order valence-corrected chi connectivity index (χ4v) is 4.81. The number of piperazine rings is 1. The lowest BCUT2D eigenvalue weighted by molar-refractivity contribution is -0.870. The lowest BCUT2D eigenvalue weighted by Gasteiger charge is -2.34. The second kappa shape index (κ2) is 11.7. The minimum absolute atomic E-state index is 0.0614. The lowest BCUT2D eigenvalue weighted by atomic mass is 9.92. The fraction of sp³-hybridized carbons (Fsp3) is 0.640. The molecular weight excluding hydrogens is 436 g/mol. The zero-order valence-electron chi connectivity index (χ0n) is 20.6. The SMILES string of the molecule is C[N+](C)(C)CCCCCCNC(=O)[C@H]1C[C@H]2C(=O)NCC(=O)N2[C@H]1c1cccc(OCCO)c1. The van der Waals surface area contributed by atoms with Gasteiger partial charge in [0, 0.05) is 6.54 Å². The van der Waals surface area contributed by atoms with E-state index in [-0.39, 0.29) is 37.5 Å². The maximum absolute atomic E-state index is 13.2. The van der Waals surface area contributed by atoms with Crippen molar-refractivity contribution in [2.24, 2.45) is 5.92 Å². The quantitative estimate of drug-likeness (QED) is 0.307. The van der Waals surface area contributed by atoms with Crippen LogP contribution < -0.4 is 15.4 Å². The minimum Gasteiger partial charge on any atom is -0.491 e. The third-order valence-electron chi connectivity index (χ3n) is 6.45. The molecule has 0 saturated carbocycles. The molecule has 3 N–H and O–H groups in total. The number of aliphatic hydroxyl groups is 1. The van der Waals surface area contributed by atoms with Gasteiger partial charge in [0.25, 0.3) is 0 Å². The molecule has 3 atom stereocenters.